The normalized spacial score (nSPS) is 9.91. The maximum atomic E-state index is 11.4. The molecule has 10 heteroatoms. The highest BCUT2D eigenvalue weighted by Crippen LogP contribution is 2.29. The Bertz CT molecular complexity index is 668. The number of hydrogen-bond acceptors (Lipinski definition) is 9. The van der Waals surface area contributed by atoms with Crippen LogP contribution in [-0.2, 0) is 23.8 Å². The first-order valence-electron chi connectivity index (χ1n) is 11.7. The summed E-state index contributed by atoms with van der Waals surface area (Å²) in [6.45, 7) is 15.9. The first-order valence-corrected chi connectivity index (χ1v) is 11.7. The van der Waals surface area contributed by atoms with E-state index in [1.807, 2.05) is 48.5 Å². The lowest BCUT2D eigenvalue weighted by molar-refractivity contribution is -0.151. The maximum Gasteiger partial charge on any atom is 0.311 e. The van der Waals surface area contributed by atoms with Crippen molar-refractivity contribution in [3.63, 3.8) is 0 Å². The molecule has 1 aromatic rings. The van der Waals surface area contributed by atoms with Crippen LogP contribution in [0.5, 0.6) is 11.5 Å². The van der Waals surface area contributed by atoms with Gasteiger partial charge < -0.3 is 29.4 Å². The summed E-state index contributed by atoms with van der Waals surface area (Å²) >= 11 is 0. The molecule has 1 amide bonds. The number of amides is 1. The molecule has 0 radical (unpaired) electrons. The zero-order chi connectivity index (χ0) is 26.9. The van der Waals surface area contributed by atoms with E-state index in [4.69, 9.17) is 29.4 Å². The Morgan fingerprint density at radius 3 is 2.15 bits per heavy atom. The number of carbonyl (C=O) groups is 3. The predicted octanol–water partition coefficient (Wildman–Crippen LogP) is 4.29. The van der Waals surface area contributed by atoms with Crippen LogP contribution in [0.3, 0.4) is 0 Å². The van der Waals surface area contributed by atoms with Crippen molar-refractivity contribution in [2.24, 2.45) is 5.73 Å². The molecule has 0 saturated heterocycles. The number of aromatic nitrogens is 1. The van der Waals surface area contributed by atoms with Crippen molar-refractivity contribution in [3.05, 3.63) is 18.0 Å². The number of hydrogen-bond donors (Lipinski definition) is 1. The van der Waals surface area contributed by atoms with Gasteiger partial charge in [-0.3, -0.25) is 14.4 Å². The van der Waals surface area contributed by atoms with Crippen LogP contribution < -0.4 is 15.2 Å². The van der Waals surface area contributed by atoms with Crippen LogP contribution >= 0.6 is 0 Å². The zero-order valence-electron chi connectivity index (χ0n) is 22.3. The summed E-state index contributed by atoms with van der Waals surface area (Å²) in [5.74, 6) is -1.06. The SMILES string of the molecule is CC.CC.CCC(=O)OC(C)CC.CCOCCC(=O)OCOc1c(OC)ccnc1C(N)=O. The zero-order valence-corrected chi connectivity index (χ0v) is 22.3. The molecule has 0 aliphatic rings. The van der Waals surface area contributed by atoms with Crippen LogP contribution in [0, 0.1) is 0 Å². The second-order valence-corrected chi connectivity index (χ2v) is 5.84. The third-order valence-corrected chi connectivity index (χ3v) is 3.60. The van der Waals surface area contributed by atoms with E-state index >= 15 is 0 Å². The number of primary amides is 1. The second-order valence-electron chi connectivity index (χ2n) is 5.84. The molecule has 0 fully saturated rings. The third kappa shape index (κ3) is 17.6. The smallest absolute Gasteiger partial charge is 0.311 e. The highest BCUT2D eigenvalue weighted by molar-refractivity contribution is 5.94. The van der Waals surface area contributed by atoms with Crippen molar-refractivity contribution in [1.29, 1.82) is 0 Å². The van der Waals surface area contributed by atoms with E-state index in [-0.39, 0.29) is 49.1 Å². The Balaban J connectivity index is -0.000000619. The van der Waals surface area contributed by atoms with Gasteiger partial charge in [-0.15, -0.1) is 0 Å². The number of pyridine rings is 1. The highest BCUT2D eigenvalue weighted by atomic mass is 16.7. The molecular formula is C24H44N2O8. The minimum Gasteiger partial charge on any atom is -0.493 e. The number of methoxy groups -OCH3 is 1. The van der Waals surface area contributed by atoms with Crippen LogP contribution in [0.25, 0.3) is 0 Å². The van der Waals surface area contributed by atoms with Gasteiger partial charge in [0.15, 0.2) is 17.2 Å². The quantitative estimate of drug-likeness (QED) is 0.259. The molecule has 0 saturated carbocycles. The molecule has 2 N–H and O–H groups in total. The van der Waals surface area contributed by atoms with E-state index < -0.39 is 11.9 Å². The summed E-state index contributed by atoms with van der Waals surface area (Å²) in [5, 5.41) is 0. The molecule has 1 rings (SSSR count). The molecule has 0 aromatic carbocycles. The van der Waals surface area contributed by atoms with Crippen LogP contribution in [0.15, 0.2) is 12.3 Å². The molecule has 1 heterocycles. The van der Waals surface area contributed by atoms with Gasteiger partial charge in [0.25, 0.3) is 5.91 Å². The summed E-state index contributed by atoms with van der Waals surface area (Å²) in [7, 11) is 1.40. The summed E-state index contributed by atoms with van der Waals surface area (Å²) in [6.07, 6.45) is 2.93. The van der Waals surface area contributed by atoms with Crippen LogP contribution in [0.2, 0.25) is 0 Å². The molecular weight excluding hydrogens is 444 g/mol. The first-order chi connectivity index (χ1) is 16.3. The average Bonchev–Trinajstić information content (AvgIpc) is 2.86. The number of carbonyl (C=O) groups excluding carboxylic acids is 3. The highest BCUT2D eigenvalue weighted by Gasteiger charge is 2.17. The van der Waals surface area contributed by atoms with Gasteiger partial charge in [0.05, 0.1) is 26.2 Å². The van der Waals surface area contributed by atoms with Crippen molar-refractivity contribution in [2.75, 3.05) is 27.1 Å². The average molecular weight is 489 g/mol. The lowest BCUT2D eigenvalue weighted by atomic mass is 10.3. The molecule has 34 heavy (non-hydrogen) atoms. The van der Waals surface area contributed by atoms with Crippen molar-refractivity contribution >= 4 is 17.8 Å². The predicted molar refractivity (Wildman–Crippen MR) is 131 cm³/mol. The number of nitrogens with zero attached hydrogens (tertiary/aromatic N) is 1. The van der Waals surface area contributed by atoms with Gasteiger partial charge in [0.1, 0.15) is 0 Å². The number of ether oxygens (including phenoxy) is 5. The van der Waals surface area contributed by atoms with E-state index in [9.17, 15) is 14.4 Å². The largest absolute Gasteiger partial charge is 0.493 e. The van der Waals surface area contributed by atoms with Gasteiger partial charge >= 0.3 is 11.9 Å². The lowest BCUT2D eigenvalue weighted by Gasteiger charge is -2.12. The Morgan fingerprint density at radius 1 is 1.06 bits per heavy atom. The van der Waals surface area contributed by atoms with Crippen molar-refractivity contribution in [1.82, 2.24) is 4.98 Å². The summed E-state index contributed by atoms with van der Waals surface area (Å²) in [6, 6.07) is 1.50. The molecule has 198 valence electrons. The summed E-state index contributed by atoms with van der Waals surface area (Å²) in [5.41, 5.74) is 5.09. The monoisotopic (exact) mass is 488 g/mol. The van der Waals surface area contributed by atoms with Crippen molar-refractivity contribution in [3.8, 4) is 11.5 Å². The molecule has 0 bridgehead atoms. The van der Waals surface area contributed by atoms with Crippen molar-refractivity contribution in [2.45, 2.75) is 80.8 Å². The summed E-state index contributed by atoms with van der Waals surface area (Å²) in [4.78, 5) is 37.0. The van der Waals surface area contributed by atoms with Crippen LogP contribution in [0.4, 0.5) is 0 Å². The fourth-order valence-electron chi connectivity index (χ4n) is 1.82. The lowest BCUT2D eigenvalue weighted by Crippen LogP contribution is -2.18. The third-order valence-electron chi connectivity index (χ3n) is 3.60. The van der Waals surface area contributed by atoms with Gasteiger partial charge in [-0.25, -0.2) is 4.98 Å². The molecule has 1 atom stereocenters. The molecule has 10 nitrogen and oxygen atoms in total. The Morgan fingerprint density at radius 2 is 1.68 bits per heavy atom. The van der Waals surface area contributed by atoms with E-state index in [2.05, 4.69) is 4.98 Å². The first kappa shape index (κ1) is 35.7. The maximum absolute atomic E-state index is 11.4. The van der Waals surface area contributed by atoms with E-state index in [0.717, 1.165) is 6.42 Å². The molecule has 1 unspecified atom stereocenters. The number of esters is 2. The van der Waals surface area contributed by atoms with Gasteiger partial charge in [-0.1, -0.05) is 41.5 Å². The minimum atomic E-state index is -0.772. The molecule has 1 aromatic heterocycles. The number of rotatable bonds is 12. The molecule has 0 aliphatic heterocycles. The topological polar surface area (TPSA) is 136 Å². The Labute approximate surface area is 204 Å². The fraction of sp³-hybridized carbons (Fsp3) is 0.667. The van der Waals surface area contributed by atoms with Crippen LogP contribution in [0.1, 0.15) is 85.1 Å². The summed E-state index contributed by atoms with van der Waals surface area (Å²) < 4.78 is 25.0. The minimum absolute atomic E-state index is 0.0325. The standard InChI is InChI=1S/C13H18N2O6.C7H14O2.2C2H6/c1-3-19-7-5-10(16)20-8-21-12-9(18-2)4-6-15-11(12)13(14)17;1-4-6(3)9-7(8)5-2;2*1-2/h4,6H,3,5,7-8H2,1-2H3,(H2,14,17);6H,4-5H2,1-3H3;2*1-2H3. The van der Waals surface area contributed by atoms with Gasteiger partial charge in [0, 0.05) is 25.3 Å². The van der Waals surface area contributed by atoms with E-state index in [0.29, 0.717) is 13.0 Å². The van der Waals surface area contributed by atoms with Gasteiger partial charge in [0.2, 0.25) is 6.79 Å². The second kappa shape index (κ2) is 24.8. The Kier molecular flexibility index (Phi) is 26.0. The van der Waals surface area contributed by atoms with Crippen molar-refractivity contribution < 1.29 is 38.1 Å². The number of nitrogens with two attached hydrogens (primary N) is 1. The Hall–Kier alpha value is -2.88. The van der Waals surface area contributed by atoms with E-state index in [1.54, 1.807) is 6.92 Å². The van der Waals surface area contributed by atoms with E-state index in [1.165, 1.54) is 19.4 Å². The molecule has 0 aliphatic carbocycles. The van der Waals surface area contributed by atoms with Gasteiger partial charge in [-0.2, -0.15) is 0 Å². The fourth-order valence-corrected chi connectivity index (χ4v) is 1.82. The van der Waals surface area contributed by atoms with Crippen LogP contribution in [-0.4, -0.2) is 56.1 Å². The molecule has 0 spiro atoms. The van der Waals surface area contributed by atoms with Gasteiger partial charge in [-0.05, 0) is 20.3 Å².